The lowest BCUT2D eigenvalue weighted by Crippen LogP contribution is -2.46. The molecule has 0 bridgehead atoms. The van der Waals surface area contributed by atoms with Gasteiger partial charge in [-0.3, -0.25) is 14.4 Å². The fraction of sp³-hybridized carbons (Fsp3) is 0.606. The zero-order chi connectivity index (χ0) is 33.2. The lowest BCUT2D eigenvalue weighted by atomic mass is 9.99. The molecule has 2 rings (SSSR count). The van der Waals surface area contributed by atoms with Crippen LogP contribution in [0.5, 0.6) is 0 Å². The Morgan fingerprint density at radius 2 is 1.61 bits per heavy atom. The van der Waals surface area contributed by atoms with E-state index in [9.17, 15) is 14.4 Å². The molecule has 13 heteroatoms. The van der Waals surface area contributed by atoms with Crippen molar-refractivity contribution in [2.75, 3.05) is 78.3 Å². The number of carbonyl (C=O) groups excluding carboxylic acids is 3. The molecule has 0 spiro atoms. The third kappa shape index (κ3) is 15.6. The van der Waals surface area contributed by atoms with Gasteiger partial charge in [-0.2, -0.15) is 5.11 Å². The SMILES string of the molecule is C=C1NC(=O)CCC1N(C)C(=O)c1c(C=O)cccc1NCCCCCOCCOCCOCCCCCOCCN/C=C\N=N. The molecule has 4 N–H and O–H groups in total. The van der Waals surface area contributed by atoms with Crippen LogP contribution in [0.25, 0.3) is 0 Å². The van der Waals surface area contributed by atoms with E-state index in [1.165, 1.54) is 6.20 Å². The predicted molar refractivity (Wildman–Crippen MR) is 176 cm³/mol. The summed E-state index contributed by atoms with van der Waals surface area (Å²) in [4.78, 5) is 38.4. The molecule has 1 aromatic carbocycles. The molecule has 0 saturated carbocycles. The minimum absolute atomic E-state index is 0.104. The first-order valence-electron chi connectivity index (χ1n) is 16.1. The number of carbonyl (C=O) groups is 3. The molecular weight excluding hydrogens is 592 g/mol. The van der Waals surface area contributed by atoms with Gasteiger partial charge >= 0.3 is 0 Å². The van der Waals surface area contributed by atoms with Crippen LogP contribution in [0.3, 0.4) is 0 Å². The summed E-state index contributed by atoms with van der Waals surface area (Å²) in [7, 11) is 1.67. The number of hydrogen-bond acceptors (Lipinski definition) is 11. The lowest BCUT2D eigenvalue weighted by Gasteiger charge is -2.33. The van der Waals surface area contributed by atoms with Crippen LogP contribution in [0.4, 0.5) is 5.69 Å². The molecule has 1 aliphatic heterocycles. The number of amides is 2. The number of nitrogens with one attached hydrogen (secondary N) is 4. The van der Waals surface area contributed by atoms with E-state index < -0.39 is 0 Å². The van der Waals surface area contributed by atoms with Gasteiger partial charge in [0.25, 0.3) is 5.91 Å². The van der Waals surface area contributed by atoms with E-state index in [2.05, 4.69) is 27.6 Å². The largest absolute Gasteiger partial charge is 0.387 e. The average molecular weight is 645 g/mol. The van der Waals surface area contributed by atoms with Gasteiger partial charge in [0.05, 0.1) is 50.8 Å². The summed E-state index contributed by atoms with van der Waals surface area (Å²) >= 11 is 0. The van der Waals surface area contributed by atoms with Gasteiger partial charge in [0.15, 0.2) is 6.29 Å². The van der Waals surface area contributed by atoms with Gasteiger partial charge in [0.2, 0.25) is 5.91 Å². The van der Waals surface area contributed by atoms with Crippen LogP contribution in [0.15, 0.2) is 48.0 Å². The number of rotatable bonds is 27. The second kappa shape index (κ2) is 24.6. The van der Waals surface area contributed by atoms with E-state index in [0.29, 0.717) is 101 Å². The molecule has 256 valence electrons. The Kier molecular flexibility index (Phi) is 20.6. The molecule has 13 nitrogen and oxygen atoms in total. The molecule has 1 aliphatic rings. The van der Waals surface area contributed by atoms with Gasteiger partial charge in [-0.05, 0) is 51.0 Å². The number of ether oxygens (including phenoxy) is 4. The van der Waals surface area contributed by atoms with E-state index >= 15 is 0 Å². The van der Waals surface area contributed by atoms with Gasteiger partial charge in [0, 0.05) is 69.5 Å². The van der Waals surface area contributed by atoms with Crippen molar-refractivity contribution in [3.63, 3.8) is 0 Å². The molecule has 2 amide bonds. The van der Waals surface area contributed by atoms with Crippen LogP contribution < -0.4 is 16.0 Å². The van der Waals surface area contributed by atoms with Crippen LogP contribution >= 0.6 is 0 Å². The fourth-order valence-electron chi connectivity index (χ4n) is 4.83. The molecule has 1 atom stereocenters. The summed E-state index contributed by atoms with van der Waals surface area (Å²) in [6.07, 6.45) is 10.3. The van der Waals surface area contributed by atoms with Crippen LogP contribution in [-0.2, 0) is 23.7 Å². The lowest BCUT2D eigenvalue weighted by molar-refractivity contribution is -0.121. The number of piperidine rings is 1. The monoisotopic (exact) mass is 644 g/mol. The van der Waals surface area contributed by atoms with Crippen LogP contribution in [-0.4, -0.2) is 102 Å². The van der Waals surface area contributed by atoms with Crippen molar-refractivity contribution in [1.82, 2.24) is 15.5 Å². The van der Waals surface area contributed by atoms with E-state index in [1.54, 1.807) is 36.3 Å². The first kappa shape index (κ1) is 38.5. The van der Waals surface area contributed by atoms with Crippen LogP contribution in [0.1, 0.15) is 72.1 Å². The highest BCUT2D eigenvalue weighted by Crippen LogP contribution is 2.25. The molecule has 1 saturated heterocycles. The molecule has 1 aromatic rings. The van der Waals surface area contributed by atoms with Gasteiger partial charge in [-0.1, -0.05) is 18.7 Å². The van der Waals surface area contributed by atoms with Crippen molar-refractivity contribution < 1.29 is 33.3 Å². The van der Waals surface area contributed by atoms with Crippen molar-refractivity contribution in [1.29, 1.82) is 5.53 Å². The normalized spacial score (nSPS) is 14.7. The summed E-state index contributed by atoms with van der Waals surface area (Å²) in [6, 6.07) is 4.86. The number of hydrogen-bond donors (Lipinski definition) is 4. The van der Waals surface area contributed by atoms with E-state index in [0.717, 1.165) is 45.1 Å². The Hall–Kier alpha value is -3.65. The summed E-state index contributed by atoms with van der Waals surface area (Å²) in [6.45, 7) is 10.2. The second-order valence-corrected chi connectivity index (χ2v) is 10.8. The quantitative estimate of drug-likeness (QED) is 0.0622. The number of anilines is 1. The number of benzene rings is 1. The Balaban J connectivity index is 1.47. The standard InChI is InChI=1S/C33H52N6O7/c1-27-30(12-13-31(41)38-27)39(2)33(42)32-28(26-40)10-9-11-29(32)36-14-5-3-6-19-44-22-24-46-25-23-45-20-8-4-7-18-43-21-17-35-15-16-37-34/h9-11,15-16,26,30,34-36H,1,3-8,12-14,17-25H2,2H3,(H,38,41)/b16-15-,37-34?. The molecule has 0 radical (unpaired) electrons. The number of nitrogens with zero attached hydrogens (tertiary/aromatic N) is 2. The van der Waals surface area contributed by atoms with Crippen LogP contribution in [0.2, 0.25) is 0 Å². The third-order valence-electron chi connectivity index (χ3n) is 7.33. The minimum Gasteiger partial charge on any atom is -0.387 e. The van der Waals surface area contributed by atoms with Crippen molar-refractivity contribution in [2.45, 2.75) is 57.4 Å². The smallest absolute Gasteiger partial charge is 0.256 e. The first-order chi connectivity index (χ1) is 22.5. The number of likely N-dealkylation sites (N-methyl/N-ethyl adjacent to an activating group) is 1. The van der Waals surface area contributed by atoms with Crippen molar-refractivity contribution in [2.24, 2.45) is 5.11 Å². The first-order valence-corrected chi connectivity index (χ1v) is 16.1. The number of aldehydes is 1. The second-order valence-electron chi connectivity index (χ2n) is 10.8. The maximum atomic E-state index is 13.4. The molecule has 1 unspecified atom stereocenters. The van der Waals surface area contributed by atoms with E-state index in [1.807, 2.05) is 0 Å². The summed E-state index contributed by atoms with van der Waals surface area (Å²) in [5.41, 5.74) is 8.37. The zero-order valence-electron chi connectivity index (χ0n) is 27.2. The Bertz CT molecular complexity index is 1100. The molecule has 1 fully saturated rings. The molecule has 0 aromatic heterocycles. The zero-order valence-corrected chi connectivity index (χ0v) is 27.2. The van der Waals surface area contributed by atoms with Gasteiger partial charge < -0.3 is 39.8 Å². The predicted octanol–water partition coefficient (Wildman–Crippen LogP) is 4.27. The van der Waals surface area contributed by atoms with Gasteiger partial charge in [0.1, 0.15) is 0 Å². The maximum Gasteiger partial charge on any atom is 0.256 e. The van der Waals surface area contributed by atoms with Crippen molar-refractivity contribution in [3.05, 3.63) is 54.0 Å². The Labute approximate surface area is 272 Å². The highest BCUT2D eigenvalue weighted by atomic mass is 16.5. The highest BCUT2D eigenvalue weighted by Gasteiger charge is 2.30. The number of unbranched alkanes of at least 4 members (excludes halogenated alkanes) is 4. The summed E-state index contributed by atoms with van der Waals surface area (Å²) in [5.74, 6) is -0.396. The highest BCUT2D eigenvalue weighted by molar-refractivity contribution is 6.06. The maximum absolute atomic E-state index is 13.4. The minimum atomic E-state index is -0.330. The average Bonchev–Trinajstić information content (AvgIpc) is 3.06. The molecular formula is C33H52N6O7. The van der Waals surface area contributed by atoms with Crippen molar-refractivity contribution in [3.8, 4) is 0 Å². The van der Waals surface area contributed by atoms with Gasteiger partial charge in [-0.25, -0.2) is 5.53 Å². The van der Waals surface area contributed by atoms with Crippen molar-refractivity contribution >= 4 is 23.8 Å². The molecule has 1 heterocycles. The fourth-order valence-corrected chi connectivity index (χ4v) is 4.83. The molecule has 46 heavy (non-hydrogen) atoms. The van der Waals surface area contributed by atoms with Gasteiger partial charge in [-0.15, -0.1) is 0 Å². The topological polar surface area (TPSA) is 164 Å². The third-order valence-corrected chi connectivity index (χ3v) is 7.33. The summed E-state index contributed by atoms with van der Waals surface area (Å²) < 4.78 is 22.3. The molecule has 0 aliphatic carbocycles. The Morgan fingerprint density at radius 3 is 2.24 bits per heavy atom. The van der Waals surface area contributed by atoms with E-state index in [-0.39, 0.29) is 17.9 Å². The summed E-state index contributed by atoms with van der Waals surface area (Å²) in [5, 5.41) is 12.1. The van der Waals surface area contributed by atoms with Crippen LogP contribution in [0, 0.1) is 5.53 Å². The Morgan fingerprint density at radius 1 is 0.978 bits per heavy atom. The van der Waals surface area contributed by atoms with E-state index in [4.69, 9.17) is 24.5 Å².